The predicted octanol–water partition coefficient (Wildman–Crippen LogP) is 5.50. The Kier molecular flexibility index (Phi) is 5.86. The third kappa shape index (κ3) is 3.77. The summed E-state index contributed by atoms with van der Waals surface area (Å²) in [4.78, 5) is 0. The van der Waals surface area contributed by atoms with Gasteiger partial charge in [-0.15, -0.1) is 0 Å². The monoisotopic (exact) mass is 334 g/mol. The summed E-state index contributed by atoms with van der Waals surface area (Å²) in [5.41, 5.74) is 0. The SMILES string of the molecule is CCC(CC)(OC)P(=O)(Oc1ccccc1)Oc1ccccc1. The van der Waals surface area contributed by atoms with Crippen molar-refractivity contribution in [1.29, 1.82) is 0 Å². The van der Waals surface area contributed by atoms with Gasteiger partial charge >= 0.3 is 7.60 Å². The molecule has 0 aliphatic carbocycles. The molecule has 0 saturated heterocycles. The molecule has 0 aliphatic heterocycles. The van der Waals surface area contributed by atoms with Crippen molar-refractivity contribution >= 4 is 7.60 Å². The summed E-state index contributed by atoms with van der Waals surface area (Å²) in [6.07, 6.45) is 1.02. The average Bonchev–Trinajstić information content (AvgIpc) is 2.58. The number of methoxy groups -OCH3 is 1. The van der Waals surface area contributed by atoms with Crippen LogP contribution in [0, 0.1) is 0 Å². The van der Waals surface area contributed by atoms with Crippen molar-refractivity contribution in [2.75, 3.05) is 7.11 Å². The number of rotatable bonds is 8. The Labute approximate surface area is 137 Å². The number of hydrogen-bond donors (Lipinski definition) is 0. The van der Waals surface area contributed by atoms with Crippen LogP contribution in [-0.4, -0.2) is 12.5 Å². The van der Waals surface area contributed by atoms with Gasteiger partial charge in [-0.25, -0.2) is 4.57 Å². The number of benzene rings is 2. The fourth-order valence-electron chi connectivity index (χ4n) is 2.46. The van der Waals surface area contributed by atoms with Crippen LogP contribution in [0.5, 0.6) is 11.5 Å². The van der Waals surface area contributed by atoms with Gasteiger partial charge in [-0.2, -0.15) is 0 Å². The highest BCUT2D eigenvalue weighted by molar-refractivity contribution is 7.56. The molecule has 0 atom stereocenters. The summed E-state index contributed by atoms with van der Waals surface area (Å²) in [7, 11) is -2.08. The number of ether oxygens (including phenoxy) is 1. The van der Waals surface area contributed by atoms with E-state index < -0.39 is 12.9 Å². The molecule has 5 heteroatoms. The molecule has 124 valence electrons. The minimum absolute atomic E-state index is 0.495. The minimum atomic E-state index is -3.63. The fourth-order valence-corrected chi connectivity index (χ4v) is 4.63. The van der Waals surface area contributed by atoms with Crippen LogP contribution in [0.2, 0.25) is 0 Å². The van der Waals surface area contributed by atoms with Crippen molar-refractivity contribution in [2.45, 2.75) is 32.0 Å². The summed E-state index contributed by atoms with van der Waals surface area (Å²) in [5.74, 6) is 0.991. The van der Waals surface area contributed by atoms with Gasteiger partial charge in [0.25, 0.3) is 0 Å². The molecule has 0 radical (unpaired) electrons. The molecular formula is C18H23O4P. The largest absolute Gasteiger partial charge is 0.462 e. The Hall–Kier alpha value is -1.77. The zero-order valence-corrected chi connectivity index (χ0v) is 14.7. The zero-order valence-electron chi connectivity index (χ0n) is 13.8. The van der Waals surface area contributed by atoms with Crippen LogP contribution in [0.25, 0.3) is 0 Å². The molecule has 2 aromatic carbocycles. The molecule has 2 rings (SSSR count). The molecule has 2 aromatic rings. The molecule has 0 fully saturated rings. The highest BCUT2D eigenvalue weighted by atomic mass is 31.2. The first-order chi connectivity index (χ1) is 11.1. The first kappa shape index (κ1) is 17.6. The Bertz CT molecular complexity index is 585. The molecule has 0 saturated carbocycles. The second kappa shape index (κ2) is 7.67. The van der Waals surface area contributed by atoms with Crippen molar-refractivity contribution in [3.8, 4) is 11.5 Å². The quantitative estimate of drug-likeness (QED) is 0.598. The van der Waals surface area contributed by atoms with Crippen LogP contribution in [0.4, 0.5) is 0 Å². The van der Waals surface area contributed by atoms with Crippen LogP contribution in [0.15, 0.2) is 60.7 Å². The van der Waals surface area contributed by atoms with Gasteiger partial charge in [0, 0.05) is 7.11 Å². The molecule has 0 N–H and O–H groups in total. The highest BCUT2D eigenvalue weighted by Crippen LogP contribution is 2.62. The molecule has 4 nitrogen and oxygen atoms in total. The third-order valence-corrected chi connectivity index (χ3v) is 6.64. The first-order valence-electron chi connectivity index (χ1n) is 7.73. The topological polar surface area (TPSA) is 44.8 Å². The minimum Gasteiger partial charge on any atom is -0.414 e. The van der Waals surface area contributed by atoms with Gasteiger partial charge in [0.1, 0.15) is 11.5 Å². The lowest BCUT2D eigenvalue weighted by Gasteiger charge is -2.36. The predicted molar refractivity (Wildman–Crippen MR) is 92.1 cm³/mol. The smallest absolute Gasteiger partial charge is 0.414 e. The van der Waals surface area contributed by atoms with Crippen molar-refractivity contribution in [3.05, 3.63) is 60.7 Å². The molecule has 0 aliphatic rings. The molecule has 0 bridgehead atoms. The van der Waals surface area contributed by atoms with Crippen molar-refractivity contribution in [2.24, 2.45) is 0 Å². The van der Waals surface area contributed by atoms with Gasteiger partial charge in [0.05, 0.1) is 0 Å². The maximum Gasteiger partial charge on any atom is 0.462 e. The van der Waals surface area contributed by atoms with Crippen molar-refractivity contribution in [1.82, 2.24) is 0 Å². The van der Waals surface area contributed by atoms with Gasteiger partial charge in [-0.05, 0) is 37.1 Å². The highest BCUT2D eigenvalue weighted by Gasteiger charge is 2.52. The summed E-state index contributed by atoms with van der Waals surface area (Å²) >= 11 is 0. The lowest BCUT2D eigenvalue weighted by Crippen LogP contribution is -2.34. The average molecular weight is 334 g/mol. The Morgan fingerprint density at radius 3 is 1.52 bits per heavy atom. The van der Waals surface area contributed by atoms with Gasteiger partial charge in [-0.3, -0.25) is 0 Å². The molecule has 23 heavy (non-hydrogen) atoms. The van der Waals surface area contributed by atoms with E-state index in [2.05, 4.69) is 0 Å². The van der Waals surface area contributed by atoms with E-state index in [9.17, 15) is 4.57 Å². The fraction of sp³-hybridized carbons (Fsp3) is 0.333. The summed E-state index contributed by atoms with van der Waals surface area (Å²) < 4.78 is 31.0. The maximum absolute atomic E-state index is 13.7. The van der Waals surface area contributed by atoms with Crippen molar-refractivity contribution in [3.63, 3.8) is 0 Å². The molecule has 0 aromatic heterocycles. The molecule has 0 spiro atoms. The number of hydrogen-bond acceptors (Lipinski definition) is 4. The van der Waals surface area contributed by atoms with E-state index in [4.69, 9.17) is 13.8 Å². The van der Waals surface area contributed by atoms with E-state index in [0.717, 1.165) is 0 Å². The Balaban J connectivity index is 2.43. The summed E-state index contributed by atoms with van der Waals surface area (Å²) in [5, 5.41) is -1.00. The second-order valence-electron chi connectivity index (χ2n) is 5.16. The standard InChI is InChI=1S/C18H23O4P/c1-4-18(5-2,20-3)23(19,21-16-12-8-6-9-13-16)22-17-14-10-7-11-15-17/h6-15H,4-5H2,1-3H3. The van der Waals surface area contributed by atoms with Gasteiger partial charge in [0.2, 0.25) is 0 Å². The summed E-state index contributed by atoms with van der Waals surface area (Å²) in [6.45, 7) is 3.84. The van der Waals surface area contributed by atoms with E-state index in [0.29, 0.717) is 24.3 Å². The molecule has 0 amide bonds. The lowest BCUT2D eigenvalue weighted by molar-refractivity contribution is 0.0347. The summed E-state index contributed by atoms with van der Waals surface area (Å²) in [6, 6.07) is 18.1. The van der Waals surface area contributed by atoms with Crippen LogP contribution in [0.3, 0.4) is 0 Å². The third-order valence-electron chi connectivity index (χ3n) is 3.92. The van der Waals surface area contributed by atoms with Crippen LogP contribution in [0.1, 0.15) is 26.7 Å². The van der Waals surface area contributed by atoms with E-state index in [1.54, 1.807) is 31.4 Å². The van der Waals surface area contributed by atoms with E-state index in [-0.39, 0.29) is 0 Å². The zero-order chi connectivity index (χ0) is 16.8. The van der Waals surface area contributed by atoms with Crippen LogP contribution >= 0.6 is 7.60 Å². The second-order valence-corrected chi connectivity index (χ2v) is 7.34. The molecule has 0 unspecified atom stereocenters. The van der Waals surface area contributed by atoms with E-state index in [1.807, 2.05) is 50.2 Å². The first-order valence-corrected chi connectivity index (χ1v) is 9.28. The molecular weight excluding hydrogens is 311 g/mol. The maximum atomic E-state index is 13.7. The van der Waals surface area contributed by atoms with E-state index >= 15 is 0 Å². The van der Waals surface area contributed by atoms with Gasteiger partial charge in [0.15, 0.2) is 5.34 Å². The number of para-hydroxylation sites is 2. The van der Waals surface area contributed by atoms with Gasteiger partial charge in [-0.1, -0.05) is 50.2 Å². The van der Waals surface area contributed by atoms with Crippen molar-refractivity contribution < 1.29 is 18.3 Å². The Morgan fingerprint density at radius 1 is 0.826 bits per heavy atom. The van der Waals surface area contributed by atoms with Gasteiger partial charge < -0.3 is 13.8 Å². The van der Waals surface area contributed by atoms with Crippen LogP contribution < -0.4 is 9.05 Å². The normalized spacial score (nSPS) is 12.0. The van der Waals surface area contributed by atoms with Crippen LogP contribution in [-0.2, 0) is 9.30 Å². The Morgan fingerprint density at radius 2 is 1.22 bits per heavy atom. The molecule has 0 heterocycles. The van der Waals surface area contributed by atoms with E-state index in [1.165, 1.54) is 0 Å². The lowest BCUT2D eigenvalue weighted by atomic mass is 10.2.